The van der Waals surface area contributed by atoms with Crippen molar-refractivity contribution in [3.63, 3.8) is 0 Å². The molecule has 0 spiro atoms. The number of terminal acetylenes is 1. The highest BCUT2D eigenvalue weighted by Crippen LogP contribution is 2.28. The molecule has 0 aromatic carbocycles. The highest BCUT2D eigenvalue weighted by atomic mass is 127. The molecule has 1 fully saturated rings. The van der Waals surface area contributed by atoms with E-state index >= 15 is 0 Å². The Labute approximate surface area is 116 Å². The largest absolute Gasteiger partial charge is 0.356 e. The maximum atomic E-state index is 5.22. The number of hydrogen-bond acceptors (Lipinski definition) is 1. The maximum absolute atomic E-state index is 5.22. The summed E-state index contributed by atoms with van der Waals surface area (Å²) in [5, 5.41) is 3.28. The van der Waals surface area contributed by atoms with E-state index in [0.29, 0.717) is 12.0 Å². The molecule has 1 aliphatic heterocycles. The molecule has 92 valence electrons. The molecule has 0 bridgehead atoms. The van der Waals surface area contributed by atoms with Gasteiger partial charge in [-0.1, -0.05) is 19.8 Å². The van der Waals surface area contributed by atoms with Crippen LogP contribution in [-0.4, -0.2) is 37.0 Å². The summed E-state index contributed by atoms with van der Waals surface area (Å²) in [5.41, 5.74) is 0.395. The Morgan fingerprint density at radius 3 is 2.69 bits per heavy atom. The van der Waals surface area contributed by atoms with Crippen molar-refractivity contribution >= 4 is 29.9 Å². The number of nitrogens with one attached hydrogen (secondary N) is 1. The lowest BCUT2D eigenvalue weighted by Crippen LogP contribution is -2.40. The van der Waals surface area contributed by atoms with E-state index in [1.807, 2.05) is 0 Å². The molecule has 0 saturated carbocycles. The Bertz CT molecular complexity index is 278. The topological polar surface area (TPSA) is 27.6 Å². The predicted molar refractivity (Wildman–Crippen MR) is 80.2 cm³/mol. The van der Waals surface area contributed by atoms with Crippen LogP contribution in [-0.2, 0) is 0 Å². The van der Waals surface area contributed by atoms with Gasteiger partial charge in [-0.2, -0.15) is 0 Å². The number of likely N-dealkylation sites (tertiary alicyclic amines) is 1. The maximum Gasteiger partial charge on any atom is 0.194 e. The molecule has 3 nitrogen and oxygen atoms in total. The van der Waals surface area contributed by atoms with Gasteiger partial charge < -0.3 is 10.2 Å². The molecule has 0 aromatic rings. The zero-order valence-electron chi connectivity index (χ0n) is 10.4. The lowest BCUT2D eigenvalue weighted by Gasteiger charge is -2.23. The molecule has 1 N–H and O–H groups in total. The van der Waals surface area contributed by atoms with Gasteiger partial charge in [-0.15, -0.1) is 30.4 Å². The number of rotatable bonds is 2. The van der Waals surface area contributed by atoms with Crippen molar-refractivity contribution in [1.29, 1.82) is 0 Å². The monoisotopic (exact) mass is 335 g/mol. The smallest absolute Gasteiger partial charge is 0.194 e. The highest BCUT2D eigenvalue weighted by molar-refractivity contribution is 14.0. The molecule has 16 heavy (non-hydrogen) atoms. The molecule has 1 saturated heterocycles. The predicted octanol–water partition coefficient (Wildman–Crippen LogP) is 1.94. The molecule has 1 heterocycles. The molecule has 0 radical (unpaired) electrons. The van der Waals surface area contributed by atoms with Crippen LogP contribution in [0.5, 0.6) is 0 Å². The average molecular weight is 335 g/mol. The molecule has 0 amide bonds. The molecular weight excluding hydrogens is 313 g/mol. The summed E-state index contributed by atoms with van der Waals surface area (Å²) in [7, 11) is 0. The summed E-state index contributed by atoms with van der Waals surface area (Å²) in [6, 6.07) is 0. The normalized spacial score (nSPS) is 18.9. The first-order valence-electron chi connectivity index (χ1n) is 5.56. The summed E-state index contributed by atoms with van der Waals surface area (Å²) >= 11 is 0. The van der Waals surface area contributed by atoms with Crippen molar-refractivity contribution in [2.45, 2.75) is 27.2 Å². The van der Waals surface area contributed by atoms with Crippen molar-refractivity contribution < 1.29 is 0 Å². The van der Waals surface area contributed by atoms with Crippen molar-refractivity contribution in [2.75, 3.05) is 26.2 Å². The number of guanidine groups is 1. The second kappa shape index (κ2) is 7.00. The Morgan fingerprint density at radius 2 is 2.25 bits per heavy atom. The van der Waals surface area contributed by atoms with E-state index in [1.54, 1.807) is 0 Å². The van der Waals surface area contributed by atoms with Crippen LogP contribution in [0.25, 0.3) is 0 Å². The SMILES string of the molecule is C#CCN=C(NCC)N1CCC(C)(C)C1.I. The second-order valence-corrected chi connectivity index (χ2v) is 4.71. The summed E-state index contributed by atoms with van der Waals surface area (Å²) in [4.78, 5) is 6.67. The Hall–Kier alpha value is -0.440. The van der Waals surface area contributed by atoms with E-state index in [4.69, 9.17) is 6.42 Å². The van der Waals surface area contributed by atoms with Gasteiger partial charge in [0.2, 0.25) is 0 Å². The van der Waals surface area contributed by atoms with Crippen molar-refractivity contribution in [2.24, 2.45) is 10.4 Å². The van der Waals surface area contributed by atoms with E-state index in [0.717, 1.165) is 25.6 Å². The number of halogens is 1. The van der Waals surface area contributed by atoms with Crippen LogP contribution in [0.4, 0.5) is 0 Å². The van der Waals surface area contributed by atoms with Gasteiger partial charge in [0, 0.05) is 19.6 Å². The minimum atomic E-state index is 0. The second-order valence-electron chi connectivity index (χ2n) is 4.71. The van der Waals surface area contributed by atoms with Gasteiger partial charge in [0.1, 0.15) is 6.54 Å². The van der Waals surface area contributed by atoms with Crippen LogP contribution in [0.2, 0.25) is 0 Å². The minimum absolute atomic E-state index is 0. The average Bonchev–Trinajstić information content (AvgIpc) is 2.53. The van der Waals surface area contributed by atoms with E-state index in [-0.39, 0.29) is 24.0 Å². The third kappa shape index (κ3) is 4.60. The number of hydrogen-bond donors (Lipinski definition) is 1. The summed E-state index contributed by atoms with van der Waals surface area (Å²) < 4.78 is 0. The van der Waals surface area contributed by atoms with Gasteiger partial charge in [-0.05, 0) is 18.8 Å². The Kier molecular flexibility index (Phi) is 6.81. The molecule has 1 aliphatic rings. The fourth-order valence-corrected chi connectivity index (χ4v) is 1.84. The lowest BCUT2D eigenvalue weighted by atomic mass is 9.93. The van der Waals surface area contributed by atoms with Gasteiger partial charge in [0.05, 0.1) is 0 Å². The van der Waals surface area contributed by atoms with E-state index in [2.05, 4.69) is 41.9 Å². The minimum Gasteiger partial charge on any atom is -0.356 e. The molecule has 4 heteroatoms. The summed E-state index contributed by atoms with van der Waals surface area (Å²) in [6.45, 7) is 10.1. The Morgan fingerprint density at radius 1 is 1.56 bits per heavy atom. The lowest BCUT2D eigenvalue weighted by molar-refractivity contribution is 0.370. The van der Waals surface area contributed by atoms with Crippen LogP contribution < -0.4 is 5.32 Å². The first-order chi connectivity index (χ1) is 7.09. The molecule has 0 aliphatic carbocycles. The fraction of sp³-hybridized carbons (Fsp3) is 0.750. The first-order valence-corrected chi connectivity index (χ1v) is 5.56. The van der Waals surface area contributed by atoms with Crippen LogP contribution in [0.3, 0.4) is 0 Å². The Balaban J connectivity index is 0.00000225. The third-order valence-electron chi connectivity index (χ3n) is 2.63. The van der Waals surface area contributed by atoms with E-state index < -0.39 is 0 Å². The van der Waals surface area contributed by atoms with Crippen molar-refractivity contribution in [1.82, 2.24) is 10.2 Å². The summed E-state index contributed by atoms with van der Waals surface area (Å²) in [6.07, 6.45) is 6.44. The van der Waals surface area contributed by atoms with Crippen LogP contribution in [0.1, 0.15) is 27.2 Å². The van der Waals surface area contributed by atoms with Crippen LogP contribution in [0, 0.1) is 17.8 Å². The van der Waals surface area contributed by atoms with E-state index in [1.165, 1.54) is 6.42 Å². The molecule has 1 rings (SSSR count). The van der Waals surface area contributed by atoms with Crippen LogP contribution >= 0.6 is 24.0 Å². The first kappa shape index (κ1) is 15.6. The molecular formula is C12H22IN3. The number of nitrogens with zero attached hydrogens (tertiary/aromatic N) is 2. The van der Waals surface area contributed by atoms with Crippen LogP contribution in [0.15, 0.2) is 4.99 Å². The number of aliphatic imine (C=N–C) groups is 1. The fourth-order valence-electron chi connectivity index (χ4n) is 1.84. The quantitative estimate of drug-likeness (QED) is 0.361. The zero-order valence-corrected chi connectivity index (χ0v) is 12.7. The summed E-state index contributed by atoms with van der Waals surface area (Å²) in [5.74, 6) is 3.51. The van der Waals surface area contributed by atoms with E-state index in [9.17, 15) is 0 Å². The highest BCUT2D eigenvalue weighted by Gasteiger charge is 2.30. The van der Waals surface area contributed by atoms with Crippen molar-refractivity contribution in [3.8, 4) is 12.3 Å². The standard InChI is InChI=1S/C12H21N3.HI/c1-5-8-14-11(13-6-2)15-9-7-12(3,4)10-15;/h1H,6-10H2,2-4H3,(H,13,14);1H. The van der Waals surface area contributed by atoms with Gasteiger partial charge in [-0.3, -0.25) is 0 Å². The van der Waals surface area contributed by atoms with Gasteiger partial charge >= 0.3 is 0 Å². The molecule has 0 atom stereocenters. The van der Waals surface area contributed by atoms with Crippen molar-refractivity contribution in [3.05, 3.63) is 0 Å². The van der Waals surface area contributed by atoms with Gasteiger partial charge in [0.15, 0.2) is 5.96 Å². The zero-order chi connectivity index (χ0) is 11.3. The van der Waals surface area contributed by atoms with Gasteiger partial charge in [-0.25, -0.2) is 4.99 Å². The third-order valence-corrected chi connectivity index (χ3v) is 2.63. The molecule has 0 unspecified atom stereocenters. The molecule has 0 aromatic heterocycles. The van der Waals surface area contributed by atoms with Gasteiger partial charge in [0.25, 0.3) is 0 Å².